The minimum Gasteiger partial charge on any atom is -0.493 e. The molecule has 0 spiro atoms. The lowest BCUT2D eigenvalue weighted by Crippen LogP contribution is -2.58. The summed E-state index contributed by atoms with van der Waals surface area (Å²) < 4.78 is 10.9. The van der Waals surface area contributed by atoms with E-state index < -0.39 is 5.60 Å². The Labute approximate surface area is 168 Å². The molecule has 28 heavy (non-hydrogen) atoms. The van der Waals surface area contributed by atoms with Crippen molar-refractivity contribution in [2.75, 3.05) is 40.4 Å². The highest BCUT2D eigenvalue weighted by atomic mass is 16.5. The maximum absolute atomic E-state index is 13.2. The van der Waals surface area contributed by atoms with E-state index in [4.69, 9.17) is 9.47 Å². The van der Waals surface area contributed by atoms with E-state index >= 15 is 0 Å². The topological polar surface area (TPSA) is 62.2 Å². The molecule has 2 heterocycles. The SMILES string of the molecule is COc1cccc(CN2CCC[C@@](O)(CN3CCCCCCC3)C2=O)c1OC. The van der Waals surface area contributed by atoms with Crippen molar-refractivity contribution in [3.05, 3.63) is 23.8 Å². The zero-order valence-corrected chi connectivity index (χ0v) is 17.3. The monoisotopic (exact) mass is 390 g/mol. The second kappa shape index (κ2) is 9.61. The predicted molar refractivity (Wildman–Crippen MR) is 109 cm³/mol. The van der Waals surface area contributed by atoms with Crippen LogP contribution in [0.5, 0.6) is 11.5 Å². The summed E-state index contributed by atoms with van der Waals surface area (Å²) in [5, 5.41) is 11.2. The molecular weight excluding hydrogens is 356 g/mol. The van der Waals surface area contributed by atoms with Crippen molar-refractivity contribution < 1.29 is 19.4 Å². The van der Waals surface area contributed by atoms with Crippen LogP contribution < -0.4 is 9.47 Å². The molecule has 0 saturated carbocycles. The summed E-state index contributed by atoms with van der Waals surface area (Å²) in [4.78, 5) is 17.3. The minimum atomic E-state index is -1.29. The Kier molecular flexibility index (Phi) is 7.18. The van der Waals surface area contributed by atoms with Crippen molar-refractivity contribution in [1.82, 2.24) is 9.80 Å². The van der Waals surface area contributed by atoms with Gasteiger partial charge in [0.1, 0.15) is 0 Å². The third-order valence-electron chi connectivity index (χ3n) is 5.98. The number of β-amino-alcohol motifs (C(OH)–C–C–N with tert-alkyl or cyclic N) is 1. The molecule has 2 aliphatic rings. The van der Waals surface area contributed by atoms with Gasteiger partial charge in [-0.2, -0.15) is 0 Å². The lowest BCUT2D eigenvalue weighted by Gasteiger charge is -2.41. The number of nitrogens with zero attached hydrogens (tertiary/aromatic N) is 2. The molecule has 1 aromatic carbocycles. The zero-order chi connectivity index (χ0) is 20.0. The van der Waals surface area contributed by atoms with Crippen molar-refractivity contribution in [2.24, 2.45) is 0 Å². The highest BCUT2D eigenvalue weighted by molar-refractivity contribution is 5.86. The van der Waals surface area contributed by atoms with E-state index in [1.807, 2.05) is 18.2 Å². The number of rotatable bonds is 6. The first-order valence-corrected chi connectivity index (χ1v) is 10.5. The average Bonchev–Trinajstić information content (AvgIpc) is 2.67. The maximum Gasteiger partial charge on any atom is 0.256 e. The number of piperidine rings is 1. The molecule has 0 radical (unpaired) electrons. The summed E-state index contributed by atoms with van der Waals surface area (Å²) in [5.74, 6) is 1.14. The fourth-order valence-corrected chi connectivity index (χ4v) is 4.49. The van der Waals surface area contributed by atoms with Crippen LogP contribution in [0.25, 0.3) is 0 Å². The number of aliphatic hydroxyl groups is 1. The van der Waals surface area contributed by atoms with Gasteiger partial charge in [0.15, 0.2) is 17.1 Å². The number of likely N-dealkylation sites (tertiary alicyclic amines) is 2. The fraction of sp³-hybridized carbons (Fsp3) is 0.682. The Morgan fingerprint density at radius 3 is 2.39 bits per heavy atom. The van der Waals surface area contributed by atoms with Crippen LogP contribution in [0.2, 0.25) is 0 Å². The van der Waals surface area contributed by atoms with Gasteiger partial charge in [0.2, 0.25) is 0 Å². The van der Waals surface area contributed by atoms with Gasteiger partial charge in [-0.1, -0.05) is 31.4 Å². The summed E-state index contributed by atoms with van der Waals surface area (Å²) in [7, 11) is 3.22. The van der Waals surface area contributed by atoms with Crippen LogP contribution in [0, 0.1) is 0 Å². The first-order valence-electron chi connectivity index (χ1n) is 10.5. The summed E-state index contributed by atoms with van der Waals surface area (Å²) in [6, 6.07) is 5.69. The number of hydrogen-bond donors (Lipinski definition) is 1. The number of amides is 1. The highest BCUT2D eigenvalue weighted by Gasteiger charge is 2.43. The average molecular weight is 391 g/mol. The largest absolute Gasteiger partial charge is 0.493 e. The molecule has 0 aromatic heterocycles. The Balaban J connectivity index is 1.71. The Bertz CT molecular complexity index is 658. The molecule has 1 N–H and O–H groups in total. The smallest absolute Gasteiger partial charge is 0.256 e. The van der Waals surface area contributed by atoms with E-state index in [1.54, 1.807) is 19.1 Å². The van der Waals surface area contributed by atoms with E-state index in [2.05, 4.69) is 4.90 Å². The van der Waals surface area contributed by atoms with Crippen LogP contribution in [0.3, 0.4) is 0 Å². The third-order valence-corrected chi connectivity index (χ3v) is 5.98. The van der Waals surface area contributed by atoms with Gasteiger partial charge in [0.05, 0.1) is 14.2 Å². The molecule has 1 aromatic rings. The fourth-order valence-electron chi connectivity index (χ4n) is 4.49. The first kappa shape index (κ1) is 20.9. The molecule has 6 nitrogen and oxygen atoms in total. The van der Waals surface area contributed by atoms with Crippen LogP contribution in [0.4, 0.5) is 0 Å². The van der Waals surface area contributed by atoms with E-state index in [0.717, 1.165) is 37.9 Å². The number of ether oxygens (including phenoxy) is 2. The van der Waals surface area contributed by atoms with Gasteiger partial charge in [-0.05, 0) is 44.8 Å². The zero-order valence-electron chi connectivity index (χ0n) is 17.3. The lowest BCUT2D eigenvalue weighted by molar-refractivity contribution is -0.160. The van der Waals surface area contributed by atoms with E-state index in [0.29, 0.717) is 37.6 Å². The molecule has 6 heteroatoms. The van der Waals surface area contributed by atoms with Crippen molar-refractivity contribution in [2.45, 2.75) is 57.1 Å². The molecule has 0 unspecified atom stereocenters. The van der Waals surface area contributed by atoms with E-state index in [1.165, 1.54) is 19.3 Å². The normalized spacial score (nSPS) is 24.5. The van der Waals surface area contributed by atoms with Gasteiger partial charge in [0, 0.05) is 25.2 Å². The molecule has 1 atom stereocenters. The number of benzene rings is 1. The first-order chi connectivity index (χ1) is 13.6. The van der Waals surface area contributed by atoms with Gasteiger partial charge in [-0.3, -0.25) is 9.69 Å². The minimum absolute atomic E-state index is 0.161. The number of para-hydroxylation sites is 1. The van der Waals surface area contributed by atoms with E-state index in [9.17, 15) is 9.90 Å². The maximum atomic E-state index is 13.2. The van der Waals surface area contributed by atoms with Crippen molar-refractivity contribution in [1.29, 1.82) is 0 Å². The summed E-state index contributed by atoms with van der Waals surface area (Å²) in [6.45, 7) is 3.46. The van der Waals surface area contributed by atoms with Gasteiger partial charge in [-0.25, -0.2) is 0 Å². The number of hydrogen-bond acceptors (Lipinski definition) is 5. The van der Waals surface area contributed by atoms with Crippen molar-refractivity contribution in [3.8, 4) is 11.5 Å². The van der Waals surface area contributed by atoms with Crippen LogP contribution in [-0.4, -0.2) is 66.8 Å². The van der Waals surface area contributed by atoms with Crippen molar-refractivity contribution >= 4 is 5.91 Å². The molecule has 156 valence electrons. The third kappa shape index (κ3) is 4.78. The molecule has 2 fully saturated rings. The molecule has 3 rings (SSSR count). The molecule has 2 saturated heterocycles. The summed E-state index contributed by atoms with van der Waals surface area (Å²) in [6.07, 6.45) is 7.42. The quantitative estimate of drug-likeness (QED) is 0.809. The van der Waals surface area contributed by atoms with Crippen LogP contribution in [-0.2, 0) is 11.3 Å². The van der Waals surface area contributed by atoms with Gasteiger partial charge in [0.25, 0.3) is 5.91 Å². The van der Waals surface area contributed by atoms with Crippen molar-refractivity contribution in [3.63, 3.8) is 0 Å². The highest BCUT2D eigenvalue weighted by Crippen LogP contribution is 2.33. The standard InChI is InChI=1S/C22H34N2O4/c1-27-19-11-8-10-18(20(19)28-2)16-24-15-9-12-22(26,21(24)25)17-23-13-6-4-3-5-7-14-23/h8,10-11,26H,3-7,9,12-17H2,1-2H3/t22-/m1/s1. The molecular formula is C22H34N2O4. The Hall–Kier alpha value is -1.79. The van der Waals surface area contributed by atoms with Gasteiger partial charge < -0.3 is 19.5 Å². The Morgan fingerprint density at radius 1 is 1.00 bits per heavy atom. The second-order valence-corrected chi connectivity index (χ2v) is 8.06. The number of methoxy groups -OCH3 is 2. The van der Waals surface area contributed by atoms with Crippen LogP contribution >= 0.6 is 0 Å². The summed E-state index contributed by atoms with van der Waals surface area (Å²) >= 11 is 0. The number of carbonyl (C=O) groups excluding carboxylic acids is 1. The van der Waals surface area contributed by atoms with Crippen LogP contribution in [0.1, 0.15) is 50.5 Å². The predicted octanol–water partition coefficient (Wildman–Crippen LogP) is 2.82. The Morgan fingerprint density at radius 2 is 1.71 bits per heavy atom. The van der Waals surface area contributed by atoms with E-state index in [-0.39, 0.29) is 5.91 Å². The molecule has 0 bridgehead atoms. The van der Waals surface area contributed by atoms with Gasteiger partial charge in [-0.15, -0.1) is 0 Å². The van der Waals surface area contributed by atoms with Crippen LogP contribution in [0.15, 0.2) is 18.2 Å². The molecule has 1 amide bonds. The summed E-state index contributed by atoms with van der Waals surface area (Å²) in [5.41, 5.74) is -0.394. The lowest BCUT2D eigenvalue weighted by atomic mass is 9.90. The molecule has 2 aliphatic heterocycles. The van der Waals surface area contributed by atoms with Gasteiger partial charge >= 0.3 is 0 Å². The number of carbonyl (C=O) groups is 1. The molecule has 0 aliphatic carbocycles. The second-order valence-electron chi connectivity index (χ2n) is 8.06.